The number of aromatic carboxylic acids is 1. The maximum atomic E-state index is 10.9. The fourth-order valence-corrected chi connectivity index (χ4v) is 2.05. The fraction of sp³-hybridized carbons (Fsp3) is 0.0714. The summed E-state index contributed by atoms with van der Waals surface area (Å²) in [5.74, 6) is -1.07. The van der Waals surface area contributed by atoms with Crippen LogP contribution in [0, 0.1) is 0 Å². The Bertz CT molecular complexity index is 777. The Morgan fingerprint density at radius 2 is 2.11 bits per heavy atom. The van der Waals surface area contributed by atoms with Gasteiger partial charge in [0, 0.05) is 29.7 Å². The lowest BCUT2D eigenvalue weighted by Gasteiger charge is -2.03. The summed E-state index contributed by atoms with van der Waals surface area (Å²) in [6.07, 6.45) is 4.79. The molecule has 0 unspecified atom stereocenters. The van der Waals surface area contributed by atoms with E-state index in [1.165, 1.54) is 6.20 Å². The summed E-state index contributed by atoms with van der Waals surface area (Å²) in [6.45, 7) is 0. The van der Waals surface area contributed by atoms with Gasteiger partial charge in [-0.05, 0) is 18.2 Å². The minimum Gasteiger partial charge on any atom is -0.476 e. The number of carboxylic acids is 1. The van der Waals surface area contributed by atoms with Crippen molar-refractivity contribution in [3.8, 4) is 11.3 Å². The summed E-state index contributed by atoms with van der Waals surface area (Å²) in [7, 11) is 1.98. The van der Waals surface area contributed by atoms with Crippen LogP contribution in [0.1, 0.15) is 10.5 Å². The summed E-state index contributed by atoms with van der Waals surface area (Å²) in [5.41, 5.74) is 2.48. The molecule has 0 aliphatic heterocycles. The van der Waals surface area contributed by atoms with Crippen LogP contribution >= 0.6 is 0 Å². The van der Waals surface area contributed by atoms with Crippen LogP contribution in [-0.2, 0) is 7.05 Å². The quantitative estimate of drug-likeness (QED) is 0.761. The third kappa shape index (κ3) is 1.95. The van der Waals surface area contributed by atoms with Gasteiger partial charge in [-0.25, -0.2) is 9.78 Å². The monoisotopic (exact) mass is 253 g/mol. The van der Waals surface area contributed by atoms with Crippen molar-refractivity contribution in [2.75, 3.05) is 0 Å². The van der Waals surface area contributed by atoms with Gasteiger partial charge in [0.25, 0.3) is 0 Å². The first-order valence-corrected chi connectivity index (χ1v) is 5.76. The van der Waals surface area contributed by atoms with Gasteiger partial charge in [0.05, 0.1) is 18.1 Å². The zero-order valence-corrected chi connectivity index (χ0v) is 10.2. The molecule has 3 aromatic rings. The normalized spacial score (nSPS) is 10.8. The predicted molar refractivity (Wildman–Crippen MR) is 70.9 cm³/mol. The number of carbonyl (C=O) groups is 1. The molecule has 1 aromatic carbocycles. The molecule has 0 aliphatic carbocycles. The first-order valence-electron chi connectivity index (χ1n) is 5.76. The number of rotatable bonds is 2. The second kappa shape index (κ2) is 4.20. The van der Waals surface area contributed by atoms with Crippen LogP contribution in [0.5, 0.6) is 0 Å². The van der Waals surface area contributed by atoms with E-state index in [-0.39, 0.29) is 5.69 Å². The van der Waals surface area contributed by atoms with E-state index in [0.29, 0.717) is 5.69 Å². The number of carboxylic acid groups (broad SMARTS) is 1. The highest BCUT2D eigenvalue weighted by Gasteiger charge is 2.08. The summed E-state index contributed by atoms with van der Waals surface area (Å²) in [6, 6.07) is 7.88. The molecule has 0 aliphatic rings. The first-order chi connectivity index (χ1) is 9.15. The lowest BCUT2D eigenvalue weighted by atomic mass is 10.1. The minimum absolute atomic E-state index is 0.0503. The molecule has 0 radical (unpaired) electrons. The van der Waals surface area contributed by atoms with Gasteiger partial charge >= 0.3 is 5.97 Å². The van der Waals surface area contributed by atoms with Gasteiger partial charge < -0.3 is 9.67 Å². The van der Waals surface area contributed by atoms with Gasteiger partial charge in [-0.15, -0.1) is 0 Å². The number of hydrogen-bond donors (Lipinski definition) is 1. The average molecular weight is 253 g/mol. The molecule has 94 valence electrons. The van der Waals surface area contributed by atoms with Gasteiger partial charge in [0.1, 0.15) is 0 Å². The maximum Gasteiger partial charge on any atom is 0.356 e. The summed E-state index contributed by atoms with van der Waals surface area (Å²) in [4.78, 5) is 18.9. The maximum absolute atomic E-state index is 10.9. The molecular weight excluding hydrogens is 242 g/mol. The lowest BCUT2D eigenvalue weighted by molar-refractivity contribution is 0.0690. The van der Waals surface area contributed by atoms with E-state index >= 15 is 0 Å². The van der Waals surface area contributed by atoms with Crippen molar-refractivity contribution in [2.24, 2.45) is 7.05 Å². The molecule has 0 spiro atoms. The molecule has 3 rings (SSSR count). The third-order valence-electron chi connectivity index (χ3n) is 3.03. The molecule has 2 aromatic heterocycles. The molecule has 0 amide bonds. The number of aromatic nitrogens is 3. The van der Waals surface area contributed by atoms with Crippen LogP contribution in [0.15, 0.2) is 42.9 Å². The van der Waals surface area contributed by atoms with Crippen molar-refractivity contribution in [2.45, 2.75) is 0 Å². The summed E-state index contributed by atoms with van der Waals surface area (Å²) < 4.78 is 2.03. The number of fused-ring (bicyclic) bond motifs is 1. The number of hydrogen-bond acceptors (Lipinski definition) is 3. The van der Waals surface area contributed by atoms with E-state index < -0.39 is 5.97 Å². The lowest BCUT2D eigenvalue weighted by Crippen LogP contribution is -2.01. The van der Waals surface area contributed by atoms with E-state index in [1.807, 2.05) is 42.1 Å². The Balaban J connectivity index is 2.13. The molecule has 19 heavy (non-hydrogen) atoms. The van der Waals surface area contributed by atoms with E-state index in [0.717, 1.165) is 16.5 Å². The van der Waals surface area contributed by atoms with Gasteiger partial charge in [0.2, 0.25) is 0 Å². The zero-order chi connectivity index (χ0) is 13.4. The third-order valence-corrected chi connectivity index (χ3v) is 3.03. The van der Waals surface area contributed by atoms with Crippen molar-refractivity contribution in [1.82, 2.24) is 14.5 Å². The molecule has 1 N–H and O–H groups in total. The van der Waals surface area contributed by atoms with Crippen molar-refractivity contribution in [3.63, 3.8) is 0 Å². The van der Waals surface area contributed by atoms with Crippen LogP contribution in [0.25, 0.3) is 22.2 Å². The van der Waals surface area contributed by atoms with Crippen molar-refractivity contribution in [1.29, 1.82) is 0 Å². The molecule has 0 fully saturated rings. The predicted octanol–water partition coefficient (Wildman–Crippen LogP) is 2.33. The zero-order valence-electron chi connectivity index (χ0n) is 10.2. The SMILES string of the molecule is Cn1ccc2cc(-c3cncc(C(=O)O)n3)ccc21. The van der Waals surface area contributed by atoms with Crippen LogP contribution in [0.3, 0.4) is 0 Å². The van der Waals surface area contributed by atoms with Crippen LogP contribution in [0.4, 0.5) is 0 Å². The molecule has 0 bridgehead atoms. The Morgan fingerprint density at radius 1 is 1.26 bits per heavy atom. The van der Waals surface area contributed by atoms with Gasteiger partial charge in [-0.2, -0.15) is 0 Å². The van der Waals surface area contributed by atoms with E-state index in [2.05, 4.69) is 9.97 Å². The highest BCUT2D eigenvalue weighted by Crippen LogP contribution is 2.23. The van der Waals surface area contributed by atoms with Gasteiger partial charge in [-0.3, -0.25) is 4.98 Å². The molecule has 5 nitrogen and oxygen atoms in total. The minimum atomic E-state index is -1.07. The molecule has 0 atom stereocenters. The van der Waals surface area contributed by atoms with Gasteiger partial charge in [-0.1, -0.05) is 6.07 Å². The van der Waals surface area contributed by atoms with E-state index in [4.69, 9.17) is 5.11 Å². The molecule has 2 heterocycles. The summed E-state index contributed by atoms with van der Waals surface area (Å²) >= 11 is 0. The Morgan fingerprint density at radius 3 is 2.89 bits per heavy atom. The topological polar surface area (TPSA) is 68.0 Å². The molecule has 0 saturated carbocycles. The Kier molecular flexibility index (Phi) is 2.52. The Labute approximate surface area is 109 Å². The van der Waals surface area contributed by atoms with Crippen LogP contribution in [-0.4, -0.2) is 25.6 Å². The second-order valence-electron chi connectivity index (χ2n) is 4.29. The summed E-state index contributed by atoms with van der Waals surface area (Å²) in [5, 5.41) is 10.0. The highest BCUT2D eigenvalue weighted by molar-refractivity contribution is 5.87. The van der Waals surface area contributed by atoms with Crippen molar-refractivity contribution in [3.05, 3.63) is 48.5 Å². The van der Waals surface area contributed by atoms with E-state index in [1.54, 1.807) is 6.20 Å². The first kappa shape index (κ1) is 11.4. The number of aryl methyl sites for hydroxylation is 1. The average Bonchev–Trinajstić information content (AvgIpc) is 2.80. The molecule has 0 saturated heterocycles. The van der Waals surface area contributed by atoms with Crippen molar-refractivity contribution < 1.29 is 9.90 Å². The van der Waals surface area contributed by atoms with Crippen LogP contribution in [0.2, 0.25) is 0 Å². The number of nitrogens with zero attached hydrogens (tertiary/aromatic N) is 3. The van der Waals surface area contributed by atoms with Gasteiger partial charge in [0.15, 0.2) is 5.69 Å². The smallest absolute Gasteiger partial charge is 0.356 e. The van der Waals surface area contributed by atoms with Crippen molar-refractivity contribution >= 4 is 16.9 Å². The molecular formula is C14H11N3O2. The van der Waals surface area contributed by atoms with E-state index in [9.17, 15) is 4.79 Å². The van der Waals surface area contributed by atoms with Crippen LogP contribution < -0.4 is 0 Å². The Hall–Kier alpha value is -2.69. The number of benzene rings is 1. The standard InChI is InChI=1S/C14H11N3O2/c1-17-5-4-10-6-9(2-3-13(10)17)11-7-15-8-12(16-11)14(18)19/h2-8H,1H3,(H,18,19). The second-order valence-corrected chi connectivity index (χ2v) is 4.29. The fourth-order valence-electron chi connectivity index (χ4n) is 2.05. The largest absolute Gasteiger partial charge is 0.476 e. The highest BCUT2D eigenvalue weighted by atomic mass is 16.4. The molecule has 5 heteroatoms.